The van der Waals surface area contributed by atoms with Gasteiger partial charge in [-0.3, -0.25) is 38.4 Å². The highest BCUT2D eigenvalue weighted by atomic mass is 16.6. The Labute approximate surface area is 514 Å². The number of hydrogen-bond acceptors (Lipinski definition) is 21. The highest BCUT2D eigenvalue weighted by Crippen LogP contribution is 2.27. The van der Waals surface area contributed by atoms with Crippen molar-refractivity contribution < 1.29 is 103 Å². The maximum Gasteiger partial charge on any atom is 0.248 e. The lowest BCUT2D eigenvalue weighted by Crippen LogP contribution is -2.64. The van der Waals surface area contributed by atoms with E-state index in [9.17, 15) is 79.2 Å². The van der Waals surface area contributed by atoms with Gasteiger partial charge in [0.15, 0.2) is 6.23 Å². The molecule has 1 aromatic carbocycles. The molecule has 3 saturated heterocycles. The topological polar surface area (TPSA) is 437 Å². The number of carbonyl (C=O) groups is 8. The quantitative estimate of drug-likeness (QED) is 0.0320. The van der Waals surface area contributed by atoms with Crippen molar-refractivity contribution in [2.45, 2.75) is 203 Å². The molecule has 500 valence electrons. The molecular formula is C59H98N8O21. The summed E-state index contributed by atoms with van der Waals surface area (Å²) in [4.78, 5) is 115. The van der Waals surface area contributed by atoms with E-state index in [1.165, 1.54) is 18.6 Å². The van der Waals surface area contributed by atoms with Crippen LogP contribution in [0.2, 0.25) is 0 Å². The fraction of sp³-hybridized carbons (Fsp3) is 0.763. The highest BCUT2D eigenvalue weighted by Gasteiger charge is 2.49. The first-order chi connectivity index (χ1) is 41.9. The Morgan fingerprint density at radius 3 is 1.88 bits per heavy atom. The van der Waals surface area contributed by atoms with Crippen LogP contribution in [0, 0.1) is 11.8 Å². The molecule has 0 spiro atoms. The molecule has 3 fully saturated rings. The average molecular weight is 1260 g/mol. The van der Waals surface area contributed by atoms with E-state index in [0.29, 0.717) is 44.5 Å². The third-order valence-corrected chi connectivity index (χ3v) is 16.0. The molecule has 29 heteroatoms. The van der Waals surface area contributed by atoms with E-state index in [4.69, 9.17) is 29.4 Å². The SMILES string of the molecule is CCC(C)CC(C)CCCCCCCCC(=O)NC1C[C@@H](O)C(OCCOCCOCCOCCOC)NC(=O)C2[C@@H](O)CCN2C(=O)C([C@H](O)CC(N)=O)NC(=O)C([C@H](O)[C@@H](O)c2ccc(O)cc2)NC(=O)C2C[C@@H](O)CN2C(=O)C([C@@H](C)O)NC1=O. The smallest absolute Gasteiger partial charge is 0.248 e. The molecule has 29 nitrogen and oxygen atoms in total. The van der Waals surface area contributed by atoms with Gasteiger partial charge in [0.1, 0.15) is 60.3 Å². The molecule has 4 rings (SSSR count). The second-order valence-electron chi connectivity index (χ2n) is 23.3. The second kappa shape index (κ2) is 38.8. The molecule has 1 aromatic rings. The van der Waals surface area contributed by atoms with Crippen LogP contribution in [-0.4, -0.2) is 250 Å². The van der Waals surface area contributed by atoms with Gasteiger partial charge in [-0.2, -0.15) is 0 Å². The third-order valence-electron chi connectivity index (χ3n) is 16.0. The van der Waals surface area contributed by atoms with E-state index in [2.05, 4.69) is 47.4 Å². The number of phenols is 1. The van der Waals surface area contributed by atoms with Crippen LogP contribution in [0.3, 0.4) is 0 Å². The lowest BCUT2D eigenvalue weighted by atomic mass is 9.91. The summed E-state index contributed by atoms with van der Waals surface area (Å²) < 4.78 is 27.4. The molecule has 88 heavy (non-hydrogen) atoms. The zero-order valence-electron chi connectivity index (χ0n) is 51.4. The van der Waals surface area contributed by atoms with Crippen LogP contribution in [0.15, 0.2) is 24.3 Å². The van der Waals surface area contributed by atoms with Crippen molar-refractivity contribution in [2.24, 2.45) is 17.6 Å². The second-order valence-corrected chi connectivity index (χ2v) is 23.3. The first-order valence-electron chi connectivity index (χ1n) is 30.7. The van der Waals surface area contributed by atoms with Crippen molar-refractivity contribution in [3.8, 4) is 5.75 Å². The number of methoxy groups -OCH3 is 1. The summed E-state index contributed by atoms with van der Waals surface area (Å²) in [7, 11) is 1.54. The van der Waals surface area contributed by atoms with Crippen LogP contribution in [-0.2, 0) is 62.0 Å². The standard InChI is InChI=1S/C59H98N8O21/c1-6-34(2)29-35(3)13-11-9-7-8-10-12-14-46(75)61-40-31-44(73)57(88-28-27-87-26-25-86-24-23-85-22-21-84-5)65-56(81)50-42(71)19-20-66(50)59(83)48(43(72)32-45(60)74)63-55(80)49(52(77)51(76)37-15-17-38(69)18-16-37)64-54(79)41-30-39(70)33-67(41)58(82)47(36(4)68)62-53(40)78/h15-18,34-36,39-44,47-52,57,68-73,76-77H,6-14,19-33H2,1-5H3,(H2,60,74)(H,61,75)(H,62,78)(H,63,80)(H,64,79)(H,65,81)/t34?,35?,36-,39-,40?,41?,42+,43-,44-,47?,48?,49?,50?,51+,52+,57?/m1/s1. The van der Waals surface area contributed by atoms with Gasteiger partial charge in [0.25, 0.3) is 0 Å². The van der Waals surface area contributed by atoms with Crippen molar-refractivity contribution in [1.82, 2.24) is 36.4 Å². The third kappa shape index (κ3) is 24.3. The molecular weight excluding hydrogens is 1160 g/mol. The van der Waals surface area contributed by atoms with Crippen LogP contribution in [0.5, 0.6) is 5.75 Å². The Bertz CT molecular complexity index is 2340. The number of phenolic OH excluding ortho intramolecular Hbond substituents is 1. The van der Waals surface area contributed by atoms with Gasteiger partial charge in [-0.15, -0.1) is 0 Å². The molecule has 0 saturated carbocycles. The van der Waals surface area contributed by atoms with Crippen LogP contribution in [0.4, 0.5) is 0 Å². The van der Waals surface area contributed by atoms with Gasteiger partial charge in [0.2, 0.25) is 47.3 Å². The number of unbranched alkanes of at least 4 members (excludes halogenated alkanes) is 5. The maximum absolute atomic E-state index is 14.8. The van der Waals surface area contributed by atoms with E-state index in [1.54, 1.807) is 7.11 Å². The molecule has 16 atom stereocenters. The van der Waals surface area contributed by atoms with Gasteiger partial charge >= 0.3 is 0 Å². The molecule has 8 amide bonds. The summed E-state index contributed by atoms with van der Waals surface area (Å²) in [5.74, 6) is -8.43. The number of ether oxygens (including phenoxy) is 5. The number of hydrogen-bond donors (Lipinski definition) is 14. The summed E-state index contributed by atoms with van der Waals surface area (Å²) in [6, 6.07) is -7.37. The monoisotopic (exact) mass is 1250 g/mol. The minimum atomic E-state index is -2.37. The molecule has 3 heterocycles. The highest BCUT2D eigenvalue weighted by molar-refractivity contribution is 5.98. The lowest BCUT2D eigenvalue weighted by molar-refractivity contribution is -0.150. The van der Waals surface area contributed by atoms with Crippen molar-refractivity contribution in [1.29, 1.82) is 0 Å². The minimum Gasteiger partial charge on any atom is -0.508 e. The summed E-state index contributed by atoms with van der Waals surface area (Å²) in [5, 5.41) is 102. The Balaban J connectivity index is 1.74. The van der Waals surface area contributed by atoms with Gasteiger partial charge in [-0.05, 0) is 55.7 Å². The number of aliphatic hydroxyl groups is 7. The zero-order chi connectivity index (χ0) is 65.0. The Hall–Kier alpha value is -5.70. The molecule has 9 unspecified atom stereocenters. The summed E-state index contributed by atoms with van der Waals surface area (Å²) in [6.07, 6.45) is -9.65. The molecule has 3 aliphatic heterocycles. The summed E-state index contributed by atoms with van der Waals surface area (Å²) in [6.45, 7) is 7.76. The summed E-state index contributed by atoms with van der Waals surface area (Å²) >= 11 is 0. The van der Waals surface area contributed by atoms with Crippen molar-refractivity contribution in [3.05, 3.63) is 29.8 Å². The Morgan fingerprint density at radius 2 is 1.26 bits per heavy atom. The van der Waals surface area contributed by atoms with Crippen molar-refractivity contribution >= 4 is 47.3 Å². The Kier molecular flexibility index (Phi) is 32.9. The van der Waals surface area contributed by atoms with Gasteiger partial charge in [0.05, 0.1) is 83.7 Å². The average Bonchev–Trinajstić information content (AvgIpc) is 3.61. The number of fused-ring (bicyclic) bond motifs is 2. The van der Waals surface area contributed by atoms with Crippen LogP contribution in [0.1, 0.15) is 129 Å². The minimum absolute atomic E-state index is 0.0565. The molecule has 3 aliphatic rings. The van der Waals surface area contributed by atoms with E-state index in [-0.39, 0.29) is 57.2 Å². The van der Waals surface area contributed by atoms with E-state index in [0.717, 1.165) is 67.4 Å². The number of nitrogens with two attached hydrogens (primary N) is 1. The Morgan fingerprint density at radius 1 is 0.682 bits per heavy atom. The van der Waals surface area contributed by atoms with Gasteiger partial charge in [-0.1, -0.05) is 77.8 Å². The first kappa shape index (κ1) is 74.8. The maximum atomic E-state index is 14.8. The fourth-order valence-corrected chi connectivity index (χ4v) is 10.9. The van der Waals surface area contributed by atoms with Crippen molar-refractivity contribution in [2.75, 3.05) is 73.1 Å². The molecule has 0 aliphatic carbocycles. The zero-order valence-corrected chi connectivity index (χ0v) is 51.4. The molecule has 0 aromatic heterocycles. The number of aromatic hydroxyl groups is 1. The largest absolute Gasteiger partial charge is 0.508 e. The normalized spacial score (nSPS) is 26.5. The number of benzene rings is 1. The van der Waals surface area contributed by atoms with Gasteiger partial charge in [-0.25, -0.2) is 0 Å². The van der Waals surface area contributed by atoms with E-state index < -0.39 is 165 Å². The van der Waals surface area contributed by atoms with Gasteiger partial charge in [0, 0.05) is 39.5 Å². The fourth-order valence-electron chi connectivity index (χ4n) is 10.9. The number of aliphatic hydroxyl groups excluding tert-OH is 7. The number of primary amides is 1. The van der Waals surface area contributed by atoms with E-state index in [1.807, 2.05) is 0 Å². The molecule has 0 bridgehead atoms. The van der Waals surface area contributed by atoms with E-state index >= 15 is 0 Å². The summed E-state index contributed by atoms with van der Waals surface area (Å²) in [5.41, 5.74) is 5.30. The van der Waals surface area contributed by atoms with Crippen molar-refractivity contribution in [3.63, 3.8) is 0 Å². The number of nitrogens with one attached hydrogen (secondary N) is 5. The lowest BCUT2D eigenvalue weighted by Gasteiger charge is -2.34. The predicted molar refractivity (Wildman–Crippen MR) is 314 cm³/mol. The van der Waals surface area contributed by atoms with Crippen LogP contribution in [0.25, 0.3) is 0 Å². The molecule has 0 radical (unpaired) electrons. The number of amides is 8. The number of carbonyl (C=O) groups excluding carboxylic acids is 8. The van der Waals surface area contributed by atoms with Crippen LogP contribution >= 0.6 is 0 Å². The number of nitrogens with zero attached hydrogens (tertiary/aromatic N) is 2. The molecule has 15 N–H and O–H groups in total. The van der Waals surface area contributed by atoms with Crippen LogP contribution < -0.4 is 32.3 Å². The van der Waals surface area contributed by atoms with Gasteiger partial charge < -0.3 is 107 Å². The predicted octanol–water partition coefficient (Wildman–Crippen LogP) is -2.62. The first-order valence-corrected chi connectivity index (χ1v) is 30.7. The number of rotatable bonds is 33.